The van der Waals surface area contributed by atoms with Crippen LogP contribution in [0.25, 0.3) is 21.8 Å². The Bertz CT molecular complexity index is 1380. The zero-order valence-electron chi connectivity index (χ0n) is 19.3. The molecule has 3 aromatic carbocycles. The molecule has 4 aromatic rings. The van der Waals surface area contributed by atoms with Crippen molar-refractivity contribution < 1.29 is 24.1 Å². The number of hydrogen-bond acceptors (Lipinski definition) is 6. The molecule has 1 unspecified atom stereocenters. The number of aromatic amines is 1. The maximum absolute atomic E-state index is 12.9. The Morgan fingerprint density at radius 1 is 0.971 bits per heavy atom. The van der Waals surface area contributed by atoms with E-state index < -0.39 is 6.10 Å². The zero-order valence-corrected chi connectivity index (χ0v) is 19.3. The molecule has 0 bridgehead atoms. The Hall–Kier alpha value is -3.75. The third kappa shape index (κ3) is 4.26. The highest BCUT2D eigenvalue weighted by molar-refractivity contribution is 6.10. The number of aliphatic hydroxyl groups excluding tert-OH is 1. The van der Waals surface area contributed by atoms with Crippen LogP contribution in [-0.2, 0) is 0 Å². The molecule has 3 heterocycles. The number of ether oxygens (including phenoxy) is 3. The second-order valence-electron chi connectivity index (χ2n) is 8.97. The van der Waals surface area contributed by atoms with E-state index in [-0.39, 0.29) is 19.3 Å². The van der Waals surface area contributed by atoms with Crippen molar-refractivity contribution in [2.45, 2.75) is 6.10 Å². The number of β-amino-alcohol motifs (C(OH)–C–C–N with tert-alkyl or cyclic N) is 1. The van der Waals surface area contributed by atoms with Crippen molar-refractivity contribution in [3.63, 3.8) is 0 Å². The second kappa shape index (κ2) is 9.13. The lowest BCUT2D eigenvalue weighted by Gasteiger charge is -2.35. The van der Waals surface area contributed by atoms with E-state index in [1.54, 1.807) is 18.2 Å². The number of nitrogens with one attached hydrogen (secondary N) is 1. The summed E-state index contributed by atoms with van der Waals surface area (Å²) in [6, 6.07) is 19.4. The highest BCUT2D eigenvalue weighted by atomic mass is 16.7. The van der Waals surface area contributed by atoms with Crippen LogP contribution in [0.1, 0.15) is 10.4 Å². The average molecular weight is 474 g/mol. The van der Waals surface area contributed by atoms with Crippen LogP contribution in [0.2, 0.25) is 0 Å². The second-order valence-corrected chi connectivity index (χ2v) is 8.97. The maximum atomic E-state index is 12.9. The fraction of sp³-hybridized carbons (Fsp3) is 0.296. The lowest BCUT2D eigenvalue weighted by atomic mass is 10.1. The molecule has 1 amide bonds. The van der Waals surface area contributed by atoms with Crippen LogP contribution in [-0.4, -0.2) is 78.0 Å². The quantitative estimate of drug-likeness (QED) is 0.447. The number of carbonyl (C=O) groups excluding carboxylic acids is 1. The van der Waals surface area contributed by atoms with Crippen molar-refractivity contribution in [2.24, 2.45) is 0 Å². The van der Waals surface area contributed by atoms with Gasteiger partial charge in [0.05, 0.1) is 5.52 Å². The molecule has 1 saturated heterocycles. The summed E-state index contributed by atoms with van der Waals surface area (Å²) < 4.78 is 16.8. The monoisotopic (exact) mass is 473 g/mol. The van der Waals surface area contributed by atoms with Gasteiger partial charge >= 0.3 is 0 Å². The van der Waals surface area contributed by atoms with Crippen LogP contribution in [0.5, 0.6) is 17.2 Å². The summed E-state index contributed by atoms with van der Waals surface area (Å²) in [6.45, 7) is 3.50. The maximum Gasteiger partial charge on any atom is 0.254 e. The first-order chi connectivity index (χ1) is 17.2. The average Bonchev–Trinajstić information content (AvgIpc) is 3.51. The number of H-pyrrole nitrogens is 1. The fourth-order valence-corrected chi connectivity index (χ4v) is 4.87. The molecule has 8 nitrogen and oxygen atoms in total. The predicted molar refractivity (Wildman–Crippen MR) is 132 cm³/mol. The van der Waals surface area contributed by atoms with E-state index in [0.29, 0.717) is 49.8 Å². The minimum atomic E-state index is -0.633. The van der Waals surface area contributed by atoms with Crippen LogP contribution < -0.4 is 14.2 Å². The lowest BCUT2D eigenvalue weighted by molar-refractivity contribution is 0.0406. The topological polar surface area (TPSA) is 87.3 Å². The normalized spacial score (nSPS) is 16.7. The standard InChI is InChI=1S/C27H27N3O5/c31-19(16-33-24-7-3-6-22-26(24)20-4-1-2-5-21(20)28-22)15-29-10-12-30(13-11-29)27(32)18-8-9-23-25(14-18)35-17-34-23/h1-9,14,19,28,31H,10-13,15-17H2. The van der Waals surface area contributed by atoms with Crippen LogP contribution in [0, 0.1) is 0 Å². The number of rotatable bonds is 6. The minimum Gasteiger partial charge on any atom is -0.490 e. The predicted octanol–water partition coefficient (Wildman–Crippen LogP) is 3.25. The van der Waals surface area contributed by atoms with Crippen LogP contribution >= 0.6 is 0 Å². The molecule has 1 atom stereocenters. The number of benzene rings is 3. The summed E-state index contributed by atoms with van der Waals surface area (Å²) in [5.41, 5.74) is 2.68. The van der Waals surface area contributed by atoms with E-state index >= 15 is 0 Å². The van der Waals surface area contributed by atoms with Crippen molar-refractivity contribution in [3.05, 3.63) is 66.2 Å². The number of aromatic nitrogens is 1. The molecule has 1 aromatic heterocycles. The van der Waals surface area contributed by atoms with Crippen LogP contribution in [0.4, 0.5) is 0 Å². The zero-order chi connectivity index (χ0) is 23.8. The molecule has 2 aliphatic rings. The van der Waals surface area contributed by atoms with E-state index in [2.05, 4.69) is 16.0 Å². The van der Waals surface area contributed by atoms with Gasteiger partial charge in [-0.15, -0.1) is 0 Å². The molecule has 2 N–H and O–H groups in total. The van der Waals surface area contributed by atoms with Crippen LogP contribution in [0.15, 0.2) is 60.7 Å². The Kier molecular flexibility index (Phi) is 5.67. The summed E-state index contributed by atoms with van der Waals surface area (Å²) in [5.74, 6) is 2.03. The Balaban J connectivity index is 1.03. The molecule has 0 radical (unpaired) electrons. The van der Waals surface area contributed by atoms with Crippen molar-refractivity contribution in [1.82, 2.24) is 14.8 Å². The first kappa shape index (κ1) is 21.8. The van der Waals surface area contributed by atoms with Gasteiger partial charge in [-0.3, -0.25) is 9.69 Å². The number of aliphatic hydroxyl groups is 1. The van der Waals surface area contributed by atoms with Gasteiger partial charge in [0.25, 0.3) is 5.91 Å². The number of carbonyl (C=O) groups is 1. The fourth-order valence-electron chi connectivity index (χ4n) is 4.87. The van der Waals surface area contributed by atoms with Gasteiger partial charge in [0, 0.05) is 54.6 Å². The van der Waals surface area contributed by atoms with Gasteiger partial charge < -0.3 is 29.2 Å². The van der Waals surface area contributed by atoms with Crippen molar-refractivity contribution in [3.8, 4) is 17.2 Å². The third-order valence-corrected chi connectivity index (χ3v) is 6.67. The van der Waals surface area contributed by atoms with E-state index in [0.717, 1.165) is 27.6 Å². The Labute approximate surface area is 202 Å². The molecule has 180 valence electrons. The summed E-state index contributed by atoms with van der Waals surface area (Å²) >= 11 is 0. The number of hydrogen-bond donors (Lipinski definition) is 2. The summed E-state index contributed by atoms with van der Waals surface area (Å²) in [4.78, 5) is 20.3. The van der Waals surface area contributed by atoms with Crippen molar-refractivity contribution in [1.29, 1.82) is 0 Å². The molecular weight excluding hydrogens is 446 g/mol. The molecule has 2 aliphatic heterocycles. The molecule has 0 spiro atoms. The molecule has 8 heteroatoms. The third-order valence-electron chi connectivity index (χ3n) is 6.67. The number of amides is 1. The van der Waals surface area contributed by atoms with Gasteiger partial charge in [0.2, 0.25) is 6.79 Å². The van der Waals surface area contributed by atoms with Gasteiger partial charge in [-0.2, -0.15) is 0 Å². The van der Waals surface area contributed by atoms with Gasteiger partial charge in [-0.25, -0.2) is 0 Å². The van der Waals surface area contributed by atoms with E-state index in [9.17, 15) is 9.90 Å². The van der Waals surface area contributed by atoms with Gasteiger partial charge in [-0.1, -0.05) is 24.3 Å². The van der Waals surface area contributed by atoms with E-state index in [4.69, 9.17) is 14.2 Å². The summed E-state index contributed by atoms with van der Waals surface area (Å²) in [5, 5.41) is 12.8. The smallest absolute Gasteiger partial charge is 0.254 e. The van der Waals surface area contributed by atoms with Crippen molar-refractivity contribution >= 4 is 27.7 Å². The molecule has 35 heavy (non-hydrogen) atoms. The Morgan fingerprint density at radius 2 is 1.77 bits per heavy atom. The molecule has 0 aliphatic carbocycles. The SMILES string of the molecule is O=C(c1ccc2c(c1)OCO2)N1CCN(CC(O)COc2cccc3[nH]c4ccccc4c23)CC1. The Morgan fingerprint density at radius 3 is 2.66 bits per heavy atom. The summed E-state index contributed by atoms with van der Waals surface area (Å²) in [7, 11) is 0. The van der Waals surface area contributed by atoms with E-state index in [1.165, 1.54) is 0 Å². The first-order valence-corrected chi connectivity index (χ1v) is 11.9. The number of piperazine rings is 1. The lowest BCUT2D eigenvalue weighted by Crippen LogP contribution is -2.50. The molecule has 6 rings (SSSR count). The highest BCUT2D eigenvalue weighted by Gasteiger charge is 2.25. The first-order valence-electron chi connectivity index (χ1n) is 11.9. The van der Waals surface area contributed by atoms with Gasteiger partial charge in [0.15, 0.2) is 11.5 Å². The van der Waals surface area contributed by atoms with Crippen molar-refractivity contribution in [2.75, 3.05) is 46.1 Å². The number of para-hydroxylation sites is 1. The number of nitrogens with zero attached hydrogens (tertiary/aromatic N) is 2. The van der Waals surface area contributed by atoms with Gasteiger partial charge in [-0.05, 0) is 36.4 Å². The highest BCUT2D eigenvalue weighted by Crippen LogP contribution is 2.34. The molecule has 1 fully saturated rings. The minimum absolute atomic E-state index is 0.0151. The largest absolute Gasteiger partial charge is 0.490 e. The van der Waals surface area contributed by atoms with E-state index in [1.807, 2.05) is 41.3 Å². The number of fused-ring (bicyclic) bond motifs is 4. The molecule has 0 saturated carbocycles. The van der Waals surface area contributed by atoms with Crippen LogP contribution in [0.3, 0.4) is 0 Å². The summed E-state index contributed by atoms with van der Waals surface area (Å²) in [6.07, 6.45) is -0.633. The molecular formula is C27H27N3O5. The van der Waals surface area contributed by atoms with Gasteiger partial charge in [0.1, 0.15) is 18.5 Å².